The van der Waals surface area contributed by atoms with E-state index in [4.69, 9.17) is 11.6 Å². The van der Waals surface area contributed by atoms with Gasteiger partial charge in [-0.25, -0.2) is 0 Å². The second-order valence-corrected chi connectivity index (χ2v) is 7.32. The normalized spacial score (nSPS) is 21.6. The number of likely N-dealkylation sites (tertiary alicyclic amines) is 1. The van der Waals surface area contributed by atoms with Crippen molar-refractivity contribution in [3.05, 3.63) is 34.9 Å². The molecule has 0 atom stereocenters. The van der Waals surface area contributed by atoms with Crippen molar-refractivity contribution < 1.29 is 9.90 Å². The number of carbonyl (C=O) groups is 1. The smallest absolute Gasteiger partial charge is 0.253 e. The second-order valence-electron chi connectivity index (χ2n) is 6.89. The number of benzene rings is 1. The Hall–Kier alpha value is -1.10. The summed E-state index contributed by atoms with van der Waals surface area (Å²) in [7, 11) is 0. The Labute approximate surface area is 142 Å². The van der Waals surface area contributed by atoms with Gasteiger partial charge in [0.15, 0.2) is 0 Å². The van der Waals surface area contributed by atoms with E-state index in [1.165, 1.54) is 0 Å². The monoisotopic (exact) mass is 336 g/mol. The number of hydrogen-bond acceptors (Lipinski definition) is 3. The van der Waals surface area contributed by atoms with Gasteiger partial charge in [0, 0.05) is 36.3 Å². The zero-order chi connectivity index (χ0) is 16.3. The fourth-order valence-corrected chi connectivity index (χ4v) is 3.73. The van der Waals surface area contributed by atoms with Crippen molar-refractivity contribution in [1.82, 2.24) is 10.2 Å². The van der Waals surface area contributed by atoms with Crippen LogP contribution in [0.5, 0.6) is 0 Å². The van der Waals surface area contributed by atoms with Crippen LogP contribution in [0.15, 0.2) is 24.3 Å². The lowest BCUT2D eigenvalue weighted by atomic mass is 9.99. The summed E-state index contributed by atoms with van der Waals surface area (Å²) < 4.78 is 0. The Morgan fingerprint density at radius 3 is 2.43 bits per heavy atom. The van der Waals surface area contributed by atoms with Crippen molar-refractivity contribution >= 4 is 17.5 Å². The van der Waals surface area contributed by atoms with Crippen LogP contribution < -0.4 is 5.32 Å². The minimum atomic E-state index is -0.504. The molecule has 2 fully saturated rings. The first kappa shape index (κ1) is 16.7. The molecule has 23 heavy (non-hydrogen) atoms. The van der Waals surface area contributed by atoms with Crippen LogP contribution in [0.1, 0.15) is 48.9 Å². The van der Waals surface area contributed by atoms with Crippen molar-refractivity contribution in [2.45, 2.75) is 50.2 Å². The predicted molar refractivity (Wildman–Crippen MR) is 91.8 cm³/mol. The van der Waals surface area contributed by atoms with Crippen molar-refractivity contribution in [1.29, 1.82) is 0 Å². The van der Waals surface area contributed by atoms with E-state index in [1.54, 1.807) is 24.3 Å². The molecule has 1 saturated heterocycles. The molecule has 1 aliphatic heterocycles. The quantitative estimate of drug-likeness (QED) is 0.889. The number of amides is 1. The molecule has 0 bridgehead atoms. The van der Waals surface area contributed by atoms with E-state index in [0.29, 0.717) is 23.2 Å². The summed E-state index contributed by atoms with van der Waals surface area (Å²) in [5.41, 5.74) is 0.192. The Kier molecular flexibility index (Phi) is 5.24. The van der Waals surface area contributed by atoms with Gasteiger partial charge in [-0.2, -0.15) is 0 Å². The van der Waals surface area contributed by atoms with Gasteiger partial charge < -0.3 is 15.3 Å². The van der Waals surface area contributed by atoms with Crippen LogP contribution in [0, 0.1) is 0 Å². The molecule has 5 heteroatoms. The van der Waals surface area contributed by atoms with E-state index in [1.807, 2.05) is 4.90 Å². The molecule has 0 radical (unpaired) electrons. The van der Waals surface area contributed by atoms with Gasteiger partial charge in [-0.05, 0) is 49.9 Å². The molecule has 4 nitrogen and oxygen atoms in total. The third-order valence-corrected chi connectivity index (χ3v) is 5.38. The summed E-state index contributed by atoms with van der Waals surface area (Å²) in [6.07, 6.45) is 5.96. The summed E-state index contributed by atoms with van der Waals surface area (Å²) in [5.74, 6) is 0.0783. The van der Waals surface area contributed by atoms with E-state index in [2.05, 4.69) is 5.32 Å². The Morgan fingerprint density at radius 2 is 1.83 bits per heavy atom. The Balaban J connectivity index is 1.46. The third-order valence-electron chi connectivity index (χ3n) is 5.13. The molecule has 2 N–H and O–H groups in total. The SMILES string of the molecule is O=C(c1ccc(Cl)cc1)N1CCC(NCC2(O)CCCC2)CC1. The second kappa shape index (κ2) is 7.20. The molecule has 0 spiro atoms. The highest BCUT2D eigenvalue weighted by Crippen LogP contribution is 2.29. The van der Waals surface area contributed by atoms with Crippen LogP contribution in [0.3, 0.4) is 0 Å². The molecular formula is C18H25ClN2O2. The Bertz CT molecular complexity index is 532. The summed E-state index contributed by atoms with van der Waals surface area (Å²) >= 11 is 5.87. The molecule has 0 unspecified atom stereocenters. The van der Waals surface area contributed by atoms with Gasteiger partial charge in [-0.3, -0.25) is 4.79 Å². The van der Waals surface area contributed by atoms with E-state index in [9.17, 15) is 9.90 Å². The summed E-state index contributed by atoms with van der Waals surface area (Å²) in [6, 6.07) is 7.47. The van der Waals surface area contributed by atoms with Crippen molar-refractivity contribution in [2.75, 3.05) is 19.6 Å². The van der Waals surface area contributed by atoms with Gasteiger partial charge in [0.05, 0.1) is 5.60 Å². The highest BCUT2D eigenvalue weighted by Gasteiger charge is 2.32. The van der Waals surface area contributed by atoms with Crippen LogP contribution in [-0.4, -0.2) is 47.2 Å². The van der Waals surface area contributed by atoms with Crippen LogP contribution >= 0.6 is 11.6 Å². The van der Waals surface area contributed by atoms with Crippen LogP contribution in [-0.2, 0) is 0 Å². The maximum atomic E-state index is 12.5. The lowest BCUT2D eigenvalue weighted by molar-refractivity contribution is 0.0406. The molecular weight excluding hydrogens is 312 g/mol. The zero-order valence-corrected chi connectivity index (χ0v) is 14.2. The first-order valence-electron chi connectivity index (χ1n) is 8.56. The summed E-state index contributed by atoms with van der Waals surface area (Å²) in [6.45, 7) is 2.21. The first-order chi connectivity index (χ1) is 11.1. The van der Waals surface area contributed by atoms with E-state index >= 15 is 0 Å². The Morgan fingerprint density at radius 1 is 1.22 bits per heavy atom. The lowest BCUT2D eigenvalue weighted by Crippen LogP contribution is -2.48. The number of halogens is 1. The van der Waals surface area contributed by atoms with E-state index in [0.717, 1.165) is 51.6 Å². The van der Waals surface area contributed by atoms with Crippen LogP contribution in [0.4, 0.5) is 0 Å². The van der Waals surface area contributed by atoms with Crippen LogP contribution in [0.25, 0.3) is 0 Å². The van der Waals surface area contributed by atoms with Gasteiger partial charge >= 0.3 is 0 Å². The standard InChI is InChI=1S/C18H25ClN2O2/c19-15-5-3-14(4-6-15)17(22)21-11-7-16(8-12-21)20-13-18(23)9-1-2-10-18/h3-6,16,20,23H,1-2,7-13H2. The van der Waals surface area contributed by atoms with Gasteiger partial charge in [-0.15, -0.1) is 0 Å². The average Bonchev–Trinajstić information content (AvgIpc) is 3.01. The average molecular weight is 337 g/mol. The molecule has 1 aliphatic carbocycles. The topological polar surface area (TPSA) is 52.6 Å². The molecule has 126 valence electrons. The number of aliphatic hydroxyl groups is 1. The van der Waals surface area contributed by atoms with Crippen LogP contribution in [0.2, 0.25) is 5.02 Å². The molecule has 1 heterocycles. The zero-order valence-electron chi connectivity index (χ0n) is 13.4. The molecule has 3 rings (SSSR count). The highest BCUT2D eigenvalue weighted by atomic mass is 35.5. The van der Waals surface area contributed by atoms with Gasteiger partial charge in [0.1, 0.15) is 0 Å². The summed E-state index contributed by atoms with van der Waals surface area (Å²) in [4.78, 5) is 14.4. The van der Waals surface area contributed by atoms with Crippen molar-refractivity contribution in [2.24, 2.45) is 0 Å². The number of rotatable bonds is 4. The largest absolute Gasteiger partial charge is 0.389 e. The molecule has 1 saturated carbocycles. The first-order valence-corrected chi connectivity index (χ1v) is 8.94. The fraction of sp³-hybridized carbons (Fsp3) is 0.611. The number of hydrogen-bond donors (Lipinski definition) is 2. The minimum Gasteiger partial charge on any atom is -0.389 e. The predicted octanol–water partition coefficient (Wildman–Crippen LogP) is 2.84. The van der Waals surface area contributed by atoms with Crippen molar-refractivity contribution in [3.63, 3.8) is 0 Å². The van der Waals surface area contributed by atoms with Gasteiger partial charge in [0.25, 0.3) is 5.91 Å². The van der Waals surface area contributed by atoms with Gasteiger partial charge in [0.2, 0.25) is 0 Å². The highest BCUT2D eigenvalue weighted by molar-refractivity contribution is 6.30. The number of carbonyl (C=O) groups excluding carboxylic acids is 1. The maximum Gasteiger partial charge on any atom is 0.253 e. The number of nitrogens with zero attached hydrogens (tertiary/aromatic N) is 1. The molecule has 2 aliphatic rings. The van der Waals surface area contributed by atoms with Crippen molar-refractivity contribution in [3.8, 4) is 0 Å². The molecule has 1 aromatic rings. The molecule has 1 aromatic carbocycles. The van der Waals surface area contributed by atoms with E-state index in [-0.39, 0.29) is 5.91 Å². The van der Waals surface area contributed by atoms with Gasteiger partial charge in [-0.1, -0.05) is 24.4 Å². The maximum absolute atomic E-state index is 12.5. The molecule has 0 aromatic heterocycles. The minimum absolute atomic E-state index is 0.0783. The lowest BCUT2D eigenvalue weighted by Gasteiger charge is -2.34. The molecule has 1 amide bonds. The number of nitrogens with one attached hydrogen (secondary N) is 1. The summed E-state index contributed by atoms with van der Waals surface area (Å²) in [5, 5.41) is 14.5. The van der Waals surface area contributed by atoms with E-state index < -0.39 is 5.60 Å². The number of piperidine rings is 1. The fourth-order valence-electron chi connectivity index (χ4n) is 3.61. The third kappa shape index (κ3) is 4.25.